The Morgan fingerprint density at radius 2 is 2.29 bits per heavy atom. The number of hydrogen-bond acceptors (Lipinski definition) is 3. The fourth-order valence-corrected chi connectivity index (χ4v) is 4.42. The molecule has 0 aromatic rings. The minimum absolute atomic E-state index is 0.265. The minimum atomic E-state index is 0.265. The molecule has 4 atom stereocenters. The highest BCUT2D eigenvalue weighted by molar-refractivity contribution is 5.80. The molecule has 4 unspecified atom stereocenters. The molecular weight excluding hydrogens is 266 g/mol. The Labute approximate surface area is 127 Å². The van der Waals surface area contributed by atoms with Crippen molar-refractivity contribution >= 4 is 5.96 Å². The first-order valence-corrected chi connectivity index (χ1v) is 8.39. The lowest BCUT2D eigenvalue weighted by molar-refractivity contribution is -0.171. The van der Waals surface area contributed by atoms with E-state index in [9.17, 15) is 0 Å². The molecule has 0 amide bonds. The summed E-state index contributed by atoms with van der Waals surface area (Å²) in [5.74, 6) is 1.61. The summed E-state index contributed by atoms with van der Waals surface area (Å²) in [7, 11) is 1.73. The summed E-state index contributed by atoms with van der Waals surface area (Å²) < 4.78 is 11.2. The summed E-state index contributed by atoms with van der Waals surface area (Å²) in [4.78, 5) is 4.60. The average molecular weight is 295 g/mol. The molecule has 0 radical (unpaired) electrons. The third kappa shape index (κ3) is 2.55. The van der Waals surface area contributed by atoms with Crippen molar-refractivity contribution in [3.05, 3.63) is 0 Å². The Kier molecular flexibility index (Phi) is 4.41. The molecule has 21 heavy (non-hydrogen) atoms. The van der Waals surface area contributed by atoms with Crippen LogP contribution in [0.1, 0.15) is 39.5 Å². The second-order valence-electron chi connectivity index (χ2n) is 6.78. The van der Waals surface area contributed by atoms with Crippen LogP contribution in [0.25, 0.3) is 0 Å². The fraction of sp³-hybridized carbons (Fsp3) is 0.938. The van der Waals surface area contributed by atoms with Crippen LogP contribution in [-0.2, 0) is 9.47 Å². The molecule has 2 saturated carbocycles. The van der Waals surface area contributed by atoms with E-state index in [2.05, 4.69) is 29.5 Å². The third-order valence-electron chi connectivity index (χ3n) is 5.44. The van der Waals surface area contributed by atoms with Crippen LogP contribution in [0.5, 0.6) is 0 Å². The van der Waals surface area contributed by atoms with E-state index in [1.54, 1.807) is 7.11 Å². The molecule has 1 saturated heterocycles. The van der Waals surface area contributed by atoms with E-state index in [0.29, 0.717) is 30.1 Å². The van der Waals surface area contributed by atoms with E-state index in [1.807, 2.05) is 0 Å². The van der Waals surface area contributed by atoms with Crippen LogP contribution in [0.15, 0.2) is 4.99 Å². The van der Waals surface area contributed by atoms with E-state index in [4.69, 9.17) is 9.47 Å². The number of aliphatic imine (C=N–C) groups is 1. The molecule has 0 aromatic carbocycles. The maximum Gasteiger partial charge on any atom is 0.191 e. The van der Waals surface area contributed by atoms with Crippen molar-refractivity contribution in [2.75, 3.05) is 26.9 Å². The van der Waals surface area contributed by atoms with Crippen LogP contribution in [0.4, 0.5) is 0 Å². The number of nitrogens with one attached hydrogen (secondary N) is 2. The van der Waals surface area contributed by atoms with Crippen molar-refractivity contribution in [2.24, 2.45) is 16.3 Å². The smallest absolute Gasteiger partial charge is 0.191 e. The number of ether oxygens (including phenoxy) is 2. The molecule has 5 nitrogen and oxygen atoms in total. The van der Waals surface area contributed by atoms with Crippen molar-refractivity contribution in [1.29, 1.82) is 0 Å². The molecular formula is C16H29N3O2. The molecule has 3 rings (SSSR count). The highest BCUT2D eigenvalue weighted by Gasteiger charge is 2.66. The van der Waals surface area contributed by atoms with Gasteiger partial charge < -0.3 is 20.1 Å². The molecule has 1 spiro atoms. The Hall–Kier alpha value is -0.810. The van der Waals surface area contributed by atoms with Crippen molar-refractivity contribution < 1.29 is 9.47 Å². The van der Waals surface area contributed by atoms with Gasteiger partial charge in [0.25, 0.3) is 0 Å². The lowest BCUT2D eigenvalue weighted by Gasteiger charge is -2.63. The van der Waals surface area contributed by atoms with E-state index < -0.39 is 0 Å². The van der Waals surface area contributed by atoms with Crippen LogP contribution in [-0.4, -0.2) is 51.0 Å². The monoisotopic (exact) mass is 295 g/mol. The van der Waals surface area contributed by atoms with E-state index in [0.717, 1.165) is 19.1 Å². The minimum Gasteiger partial charge on any atom is -0.383 e. The van der Waals surface area contributed by atoms with Gasteiger partial charge in [0.05, 0.1) is 12.7 Å². The topological polar surface area (TPSA) is 54.9 Å². The summed E-state index contributed by atoms with van der Waals surface area (Å²) in [6.07, 6.45) is 5.65. The molecule has 0 bridgehead atoms. The molecule has 2 aliphatic carbocycles. The average Bonchev–Trinajstić information content (AvgIpc) is 2.80. The van der Waals surface area contributed by atoms with Gasteiger partial charge in [0.1, 0.15) is 0 Å². The zero-order valence-corrected chi connectivity index (χ0v) is 13.5. The van der Waals surface area contributed by atoms with Crippen LogP contribution >= 0.6 is 0 Å². The molecule has 3 fully saturated rings. The second kappa shape index (κ2) is 6.13. The molecule has 0 aromatic heterocycles. The van der Waals surface area contributed by atoms with Gasteiger partial charge >= 0.3 is 0 Å². The van der Waals surface area contributed by atoms with Crippen molar-refractivity contribution in [3.63, 3.8) is 0 Å². The second-order valence-corrected chi connectivity index (χ2v) is 6.78. The van der Waals surface area contributed by atoms with Gasteiger partial charge in [-0.3, -0.25) is 4.99 Å². The predicted octanol–water partition coefficient (Wildman–Crippen LogP) is 1.53. The standard InChI is InChI=1S/C16H29N3O2/c1-4-17-15(18-11(2)10-20-3)19-13-12-6-9-21-14(12)16(13)7-5-8-16/h11-14H,4-10H2,1-3H3,(H2,17,18,19). The van der Waals surface area contributed by atoms with Crippen LogP contribution in [0.2, 0.25) is 0 Å². The van der Waals surface area contributed by atoms with Gasteiger partial charge in [-0.1, -0.05) is 6.42 Å². The molecule has 5 heteroatoms. The summed E-state index contributed by atoms with van der Waals surface area (Å²) in [6.45, 7) is 6.61. The van der Waals surface area contributed by atoms with Crippen molar-refractivity contribution in [3.8, 4) is 0 Å². The highest BCUT2D eigenvalue weighted by Crippen LogP contribution is 2.62. The first kappa shape index (κ1) is 15.1. The van der Waals surface area contributed by atoms with Gasteiger partial charge in [-0.05, 0) is 33.1 Å². The Balaban J connectivity index is 1.64. The van der Waals surface area contributed by atoms with Gasteiger partial charge in [-0.2, -0.15) is 0 Å². The van der Waals surface area contributed by atoms with Crippen LogP contribution in [0, 0.1) is 11.3 Å². The zero-order valence-electron chi connectivity index (χ0n) is 13.5. The summed E-state index contributed by atoms with van der Waals surface area (Å²) in [5.41, 5.74) is 0.391. The Bertz CT molecular complexity index is 395. The maximum atomic E-state index is 5.98. The lowest BCUT2D eigenvalue weighted by atomic mass is 9.46. The van der Waals surface area contributed by atoms with Gasteiger partial charge in [-0.15, -0.1) is 0 Å². The third-order valence-corrected chi connectivity index (χ3v) is 5.44. The predicted molar refractivity (Wildman–Crippen MR) is 83.5 cm³/mol. The number of guanidine groups is 1. The van der Waals surface area contributed by atoms with E-state index in [-0.39, 0.29) is 6.04 Å². The number of fused-ring (bicyclic) bond motifs is 2. The van der Waals surface area contributed by atoms with E-state index in [1.165, 1.54) is 25.7 Å². The van der Waals surface area contributed by atoms with Crippen molar-refractivity contribution in [1.82, 2.24) is 10.6 Å². The lowest BCUT2D eigenvalue weighted by Crippen LogP contribution is -2.72. The SMILES string of the molecule is CCN=C(NC(C)COC)NC1C2CCOC2C12CCC2. The molecule has 3 aliphatic rings. The fourth-order valence-electron chi connectivity index (χ4n) is 4.42. The number of methoxy groups -OCH3 is 1. The Morgan fingerprint density at radius 1 is 1.48 bits per heavy atom. The van der Waals surface area contributed by atoms with Crippen molar-refractivity contribution in [2.45, 2.75) is 57.7 Å². The number of hydrogen-bond donors (Lipinski definition) is 2. The van der Waals surface area contributed by atoms with Gasteiger partial charge in [0, 0.05) is 43.7 Å². The van der Waals surface area contributed by atoms with Crippen LogP contribution < -0.4 is 10.6 Å². The highest BCUT2D eigenvalue weighted by atomic mass is 16.5. The molecule has 1 heterocycles. The zero-order chi connectivity index (χ0) is 14.9. The maximum absolute atomic E-state index is 5.98. The van der Waals surface area contributed by atoms with Crippen LogP contribution in [0.3, 0.4) is 0 Å². The molecule has 1 aliphatic heterocycles. The summed E-state index contributed by atoms with van der Waals surface area (Å²) in [6, 6.07) is 0.798. The first-order chi connectivity index (χ1) is 10.2. The molecule has 2 N–H and O–H groups in total. The first-order valence-electron chi connectivity index (χ1n) is 8.39. The van der Waals surface area contributed by atoms with Gasteiger partial charge in [-0.25, -0.2) is 0 Å². The Morgan fingerprint density at radius 3 is 2.90 bits per heavy atom. The largest absolute Gasteiger partial charge is 0.383 e. The molecule has 120 valence electrons. The summed E-state index contributed by atoms with van der Waals surface area (Å²) >= 11 is 0. The quantitative estimate of drug-likeness (QED) is 0.597. The van der Waals surface area contributed by atoms with Gasteiger partial charge in [0.15, 0.2) is 5.96 Å². The number of nitrogens with zero attached hydrogens (tertiary/aromatic N) is 1. The van der Waals surface area contributed by atoms with E-state index >= 15 is 0 Å². The normalized spacial score (nSPS) is 34.8. The van der Waals surface area contributed by atoms with Gasteiger partial charge in [0.2, 0.25) is 0 Å². The summed E-state index contributed by atoms with van der Waals surface area (Å²) in [5, 5.41) is 7.17. The number of rotatable bonds is 5.